The minimum absolute atomic E-state index is 0.0781. The van der Waals surface area contributed by atoms with Crippen LogP contribution in [0.2, 0.25) is 0 Å². The van der Waals surface area contributed by atoms with Crippen LogP contribution in [0.25, 0.3) is 11.1 Å². The van der Waals surface area contributed by atoms with Crippen LogP contribution >= 0.6 is 12.6 Å². The zero-order valence-corrected chi connectivity index (χ0v) is 18.1. The maximum Gasteiger partial charge on any atom is 0.411 e. The van der Waals surface area contributed by atoms with Gasteiger partial charge in [-0.2, -0.15) is 12.6 Å². The number of likely N-dealkylation sites (tertiary alicyclic amines) is 1. The van der Waals surface area contributed by atoms with Crippen molar-refractivity contribution in [3.63, 3.8) is 0 Å². The SMILES string of the molecule is CC.CS.N[C@H]1CCN(C(=O)OC2NOc3cccc(-c4c(F)cccc4F)c32)C1. The van der Waals surface area contributed by atoms with Gasteiger partial charge in [0.2, 0.25) is 6.23 Å². The minimum Gasteiger partial charge on any atom is -0.423 e. The van der Waals surface area contributed by atoms with E-state index >= 15 is 0 Å². The third-order valence-corrected chi connectivity index (χ3v) is 4.54. The summed E-state index contributed by atoms with van der Waals surface area (Å²) in [6.45, 7) is 4.91. The van der Waals surface area contributed by atoms with E-state index in [0.717, 1.165) is 0 Å². The Kier molecular flexibility index (Phi) is 8.88. The van der Waals surface area contributed by atoms with Crippen molar-refractivity contribution in [3.05, 3.63) is 53.6 Å². The van der Waals surface area contributed by atoms with Gasteiger partial charge >= 0.3 is 6.09 Å². The lowest BCUT2D eigenvalue weighted by Crippen LogP contribution is -2.35. The number of rotatable bonds is 2. The topological polar surface area (TPSA) is 76.8 Å². The molecular formula is C21H27F2N3O3S. The molecule has 1 unspecified atom stereocenters. The molecule has 2 atom stereocenters. The Balaban J connectivity index is 0.000000757. The van der Waals surface area contributed by atoms with Crippen molar-refractivity contribution >= 4 is 18.7 Å². The van der Waals surface area contributed by atoms with Crippen LogP contribution in [-0.2, 0) is 4.74 Å². The highest BCUT2D eigenvalue weighted by molar-refractivity contribution is 7.79. The summed E-state index contributed by atoms with van der Waals surface area (Å²) in [5.74, 6) is -1.07. The van der Waals surface area contributed by atoms with Gasteiger partial charge in [0.25, 0.3) is 0 Å². The number of fused-ring (bicyclic) bond motifs is 1. The van der Waals surface area contributed by atoms with E-state index in [-0.39, 0.29) is 17.2 Å². The van der Waals surface area contributed by atoms with Gasteiger partial charge in [-0.05, 0) is 36.4 Å². The largest absolute Gasteiger partial charge is 0.423 e. The van der Waals surface area contributed by atoms with E-state index < -0.39 is 24.0 Å². The molecule has 2 heterocycles. The molecule has 0 saturated carbocycles. The number of nitrogens with two attached hydrogens (primary N) is 1. The number of carbonyl (C=O) groups excluding carboxylic acids is 1. The number of hydrogen-bond acceptors (Lipinski definition) is 6. The number of hydrogen-bond donors (Lipinski definition) is 3. The van der Waals surface area contributed by atoms with E-state index in [4.69, 9.17) is 15.3 Å². The summed E-state index contributed by atoms with van der Waals surface area (Å²) in [5, 5.41) is 0. The molecule has 2 aromatic rings. The van der Waals surface area contributed by atoms with E-state index in [0.29, 0.717) is 30.8 Å². The van der Waals surface area contributed by atoms with Crippen molar-refractivity contribution in [2.75, 3.05) is 19.3 Å². The monoisotopic (exact) mass is 439 g/mol. The summed E-state index contributed by atoms with van der Waals surface area (Å²) in [6, 6.07) is 8.37. The summed E-state index contributed by atoms with van der Waals surface area (Å²) in [7, 11) is 0. The van der Waals surface area contributed by atoms with E-state index in [1.165, 1.54) is 23.1 Å². The van der Waals surface area contributed by atoms with Gasteiger partial charge in [0.15, 0.2) is 5.75 Å². The van der Waals surface area contributed by atoms with Crippen LogP contribution in [0.5, 0.6) is 5.75 Å². The Morgan fingerprint density at radius 1 is 1.20 bits per heavy atom. The van der Waals surface area contributed by atoms with Crippen molar-refractivity contribution in [2.45, 2.75) is 32.5 Å². The summed E-state index contributed by atoms with van der Waals surface area (Å²) in [5.41, 5.74) is 8.84. The lowest BCUT2D eigenvalue weighted by atomic mass is 9.97. The lowest BCUT2D eigenvalue weighted by molar-refractivity contribution is 0.0114. The molecule has 1 amide bonds. The molecule has 0 aromatic heterocycles. The van der Waals surface area contributed by atoms with Crippen molar-refractivity contribution in [2.24, 2.45) is 5.73 Å². The highest BCUT2D eigenvalue weighted by atomic mass is 32.1. The van der Waals surface area contributed by atoms with E-state index in [9.17, 15) is 13.6 Å². The first kappa shape index (κ1) is 23.9. The van der Waals surface area contributed by atoms with Crippen molar-refractivity contribution < 1.29 is 23.1 Å². The number of carbonyl (C=O) groups is 1. The van der Waals surface area contributed by atoms with Gasteiger partial charge in [-0.3, -0.25) is 0 Å². The molecule has 0 radical (unpaired) electrons. The van der Waals surface area contributed by atoms with E-state index in [1.807, 2.05) is 13.8 Å². The number of hydroxylamine groups is 1. The number of amides is 1. The number of nitrogens with zero attached hydrogens (tertiary/aromatic N) is 1. The second kappa shape index (κ2) is 11.1. The molecule has 0 bridgehead atoms. The molecule has 164 valence electrons. The minimum atomic E-state index is -0.982. The first-order valence-corrected chi connectivity index (χ1v) is 10.6. The van der Waals surface area contributed by atoms with Gasteiger partial charge in [0, 0.05) is 19.1 Å². The van der Waals surface area contributed by atoms with E-state index in [1.54, 1.807) is 24.5 Å². The fourth-order valence-electron chi connectivity index (χ4n) is 3.26. The Morgan fingerprint density at radius 2 is 1.83 bits per heavy atom. The third kappa shape index (κ3) is 5.03. The van der Waals surface area contributed by atoms with Gasteiger partial charge in [0.1, 0.15) is 11.6 Å². The smallest absolute Gasteiger partial charge is 0.411 e. The van der Waals surface area contributed by atoms with Crippen LogP contribution in [0.1, 0.15) is 32.1 Å². The quantitative estimate of drug-likeness (QED) is 0.610. The molecule has 3 N–H and O–H groups in total. The van der Waals surface area contributed by atoms with Crippen LogP contribution in [0.3, 0.4) is 0 Å². The van der Waals surface area contributed by atoms with Gasteiger partial charge in [-0.15, -0.1) is 5.48 Å². The van der Waals surface area contributed by atoms with Crippen molar-refractivity contribution in [1.82, 2.24) is 10.4 Å². The standard InChI is InChI=1S/C18H17F2N3O3.C2H6.CH4S/c19-12-4-2-5-13(20)15(12)11-3-1-6-14-16(11)17(22-26-14)25-18(24)23-8-7-10(21)9-23;2*1-2/h1-6,10,17,22H,7-9,21H2;1-2H3;2H,1H3/t10-,17?;;/m0../s1. The van der Waals surface area contributed by atoms with Crippen LogP contribution < -0.4 is 16.1 Å². The highest BCUT2D eigenvalue weighted by Gasteiger charge is 2.34. The lowest BCUT2D eigenvalue weighted by Gasteiger charge is -2.20. The summed E-state index contributed by atoms with van der Waals surface area (Å²) >= 11 is 3.53. The average molecular weight is 440 g/mol. The molecule has 2 aromatic carbocycles. The molecule has 30 heavy (non-hydrogen) atoms. The Morgan fingerprint density at radius 3 is 2.43 bits per heavy atom. The molecule has 4 rings (SSSR count). The normalized spacial score (nSPS) is 19.0. The van der Waals surface area contributed by atoms with Gasteiger partial charge in [0.05, 0.1) is 11.1 Å². The predicted octanol–water partition coefficient (Wildman–Crippen LogP) is 4.27. The van der Waals surface area contributed by atoms with Crippen LogP contribution in [-0.4, -0.2) is 36.4 Å². The molecule has 0 spiro atoms. The van der Waals surface area contributed by atoms with Crippen molar-refractivity contribution in [1.29, 1.82) is 0 Å². The Hall–Kier alpha value is -2.36. The summed E-state index contributed by atoms with van der Waals surface area (Å²) in [4.78, 5) is 19.2. The Labute approximate surface area is 180 Å². The summed E-state index contributed by atoms with van der Waals surface area (Å²) in [6.07, 6.45) is 0.853. The maximum atomic E-state index is 14.3. The number of thiol groups is 1. The van der Waals surface area contributed by atoms with Crippen LogP contribution in [0.4, 0.5) is 13.6 Å². The molecule has 2 aliphatic rings. The average Bonchev–Trinajstić information content (AvgIpc) is 3.38. The Bertz CT molecular complexity index is 849. The second-order valence-corrected chi connectivity index (χ2v) is 6.29. The summed E-state index contributed by atoms with van der Waals surface area (Å²) < 4.78 is 34.0. The van der Waals surface area contributed by atoms with Gasteiger partial charge in [-0.25, -0.2) is 13.6 Å². The molecule has 2 aliphatic heterocycles. The van der Waals surface area contributed by atoms with Crippen LogP contribution in [0, 0.1) is 11.6 Å². The molecule has 1 fully saturated rings. The molecule has 9 heteroatoms. The first-order valence-electron chi connectivity index (χ1n) is 9.70. The van der Waals surface area contributed by atoms with E-state index in [2.05, 4.69) is 18.1 Å². The number of halogens is 2. The zero-order valence-electron chi connectivity index (χ0n) is 17.2. The van der Waals surface area contributed by atoms with Crippen LogP contribution in [0.15, 0.2) is 36.4 Å². The van der Waals surface area contributed by atoms with Gasteiger partial charge < -0.3 is 20.2 Å². The zero-order chi connectivity index (χ0) is 22.3. The number of benzene rings is 2. The molecule has 0 aliphatic carbocycles. The fourth-order valence-corrected chi connectivity index (χ4v) is 3.26. The number of ether oxygens (including phenoxy) is 1. The highest BCUT2D eigenvalue weighted by Crippen LogP contribution is 2.41. The molecule has 1 saturated heterocycles. The first-order chi connectivity index (χ1) is 14.5. The maximum absolute atomic E-state index is 14.3. The predicted molar refractivity (Wildman–Crippen MR) is 115 cm³/mol. The molecular weight excluding hydrogens is 412 g/mol. The van der Waals surface area contributed by atoms with Gasteiger partial charge in [-0.1, -0.05) is 32.0 Å². The second-order valence-electron chi connectivity index (χ2n) is 6.29. The number of nitrogens with one attached hydrogen (secondary N) is 1. The van der Waals surface area contributed by atoms with Crippen molar-refractivity contribution in [3.8, 4) is 16.9 Å². The fraction of sp³-hybridized carbons (Fsp3) is 0.381. The third-order valence-electron chi connectivity index (χ3n) is 4.54. The molecule has 6 nitrogen and oxygen atoms in total.